The van der Waals surface area contributed by atoms with E-state index in [-0.39, 0.29) is 43.8 Å². The van der Waals surface area contributed by atoms with Crippen molar-refractivity contribution in [1.29, 1.82) is 0 Å². The number of carbonyl (C=O) groups excluding carboxylic acids is 1. The second-order valence-electron chi connectivity index (χ2n) is 11.6. The van der Waals surface area contributed by atoms with E-state index in [1.807, 2.05) is 60.7 Å². The van der Waals surface area contributed by atoms with Gasteiger partial charge in [-0.2, -0.15) is 31.0 Å². The van der Waals surface area contributed by atoms with Gasteiger partial charge in [0.2, 0.25) is 0 Å². The van der Waals surface area contributed by atoms with E-state index in [2.05, 4.69) is 25.3 Å². The standard InChI is InChI=1S/C32H31F6N7O2/c1-47-27-13-12-24(45-29(31(33,34)35)39-40-41-45)16-23(27)17-42-18-25-19-43(30(46)32(36,37)38)14-15-44(25)26(20-42)28(21-8-4-2-5-9-21)22-10-6-3-7-11-22/h2-13,16,25-26,28H,14-15,17-20H2,1H3/t25-,26+/m1/s1. The molecule has 2 aliphatic rings. The van der Waals surface area contributed by atoms with Crippen LogP contribution in [0.15, 0.2) is 78.9 Å². The Balaban J connectivity index is 1.38. The number of methoxy groups -OCH3 is 1. The molecule has 3 heterocycles. The maximum Gasteiger partial charge on any atom is 0.471 e. The molecule has 15 heteroatoms. The lowest BCUT2D eigenvalue weighted by Crippen LogP contribution is -2.68. The van der Waals surface area contributed by atoms with Gasteiger partial charge in [0.25, 0.3) is 5.82 Å². The molecule has 2 saturated heterocycles. The Kier molecular flexibility index (Phi) is 8.94. The highest BCUT2D eigenvalue weighted by atomic mass is 19.4. The van der Waals surface area contributed by atoms with Gasteiger partial charge in [0, 0.05) is 62.8 Å². The van der Waals surface area contributed by atoms with Gasteiger partial charge in [0.15, 0.2) is 0 Å². The van der Waals surface area contributed by atoms with E-state index in [4.69, 9.17) is 4.74 Å². The molecule has 9 nitrogen and oxygen atoms in total. The summed E-state index contributed by atoms with van der Waals surface area (Å²) in [6.07, 6.45) is -9.79. The van der Waals surface area contributed by atoms with Crippen LogP contribution < -0.4 is 4.74 Å². The minimum Gasteiger partial charge on any atom is -0.496 e. The van der Waals surface area contributed by atoms with Crippen LogP contribution in [-0.2, 0) is 17.5 Å². The first-order chi connectivity index (χ1) is 22.4. The van der Waals surface area contributed by atoms with Crippen molar-refractivity contribution in [1.82, 2.24) is 34.9 Å². The van der Waals surface area contributed by atoms with Crippen molar-refractivity contribution in [2.75, 3.05) is 39.8 Å². The lowest BCUT2D eigenvalue weighted by atomic mass is 9.81. The van der Waals surface area contributed by atoms with E-state index < -0.39 is 30.1 Å². The number of hydrogen-bond acceptors (Lipinski definition) is 7. The summed E-state index contributed by atoms with van der Waals surface area (Å²) in [7, 11) is 1.44. The maximum absolute atomic E-state index is 13.6. The zero-order valence-corrected chi connectivity index (χ0v) is 25.2. The molecule has 2 aliphatic heterocycles. The van der Waals surface area contributed by atoms with E-state index in [1.54, 1.807) is 0 Å². The van der Waals surface area contributed by atoms with E-state index in [1.165, 1.54) is 25.3 Å². The fraction of sp³-hybridized carbons (Fsp3) is 0.375. The second-order valence-corrected chi connectivity index (χ2v) is 11.6. The van der Waals surface area contributed by atoms with Gasteiger partial charge in [-0.1, -0.05) is 60.7 Å². The van der Waals surface area contributed by atoms with Gasteiger partial charge < -0.3 is 9.64 Å². The smallest absolute Gasteiger partial charge is 0.471 e. The number of piperazine rings is 2. The van der Waals surface area contributed by atoms with E-state index in [0.717, 1.165) is 16.0 Å². The molecule has 0 N–H and O–H groups in total. The Bertz CT molecular complexity index is 1640. The minimum atomic E-state index is -4.99. The summed E-state index contributed by atoms with van der Waals surface area (Å²) < 4.78 is 87.5. The minimum absolute atomic E-state index is 0.0645. The number of alkyl halides is 6. The Hall–Kier alpha value is -4.50. The number of nitrogens with zero attached hydrogens (tertiary/aromatic N) is 7. The molecule has 0 spiro atoms. The molecule has 0 radical (unpaired) electrons. The van der Waals surface area contributed by atoms with Gasteiger partial charge in [-0.15, -0.1) is 5.10 Å². The fourth-order valence-electron chi connectivity index (χ4n) is 6.76. The Labute approximate surface area is 266 Å². The summed E-state index contributed by atoms with van der Waals surface area (Å²) in [4.78, 5) is 17.4. The summed E-state index contributed by atoms with van der Waals surface area (Å²) in [5.74, 6) is -2.91. The summed E-state index contributed by atoms with van der Waals surface area (Å²) in [6, 6.07) is 23.4. The molecule has 0 aliphatic carbocycles. The van der Waals surface area contributed by atoms with Crippen LogP contribution in [0.3, 0.4) is 0 Å². The summed E-state index contributed by atoms with van der Waals surface area (Å²) in [5.41, 5.74) is 2.65. The fourth-order valence-corrected chi connectivity index (χ4v) is 6.76. The third-order valence-electron chi connectivity index (χ3n) is 8.73. The van der Waals surface area contributed by atoms with Gasteiger partial charge in [0.05, 0.1) is 12.8 Å². The number of amides is 1. The molecule has 3 aromatic carbocycles. The van der Waals surface area contributed by atoms with Crippen LogP contribution in [-0.4, -0.2) is 98.9 Å². The van der Waals surface area contributed by atoms with Gasteiger partial charge in [0.1, 0.15) is 5.75 Å². The average molecular weight is 660 g/mol. The highest BCUT2D eigenvalue weighted by molar-refractivity contribution is 5.82. The van der Waals surface area contributed by atoms with E-state index >= 15 is 0 Å². The number of halogens is 6. The van der Waals surface area contributed by atoms with Crippen molar-refractivity contribution in [3.63, 3.8) is 0 Å². The third-order valence-corrected chi connectivity index (χ3v) is 8.73. The number of tetrazole rings is 1. The number of hydrogen-bond donors (Lipinski definition) is 0. The Morgan fingerprint density at radius 1 is 0.894 bits per heavy atom. The normalized spacial score (nSPS) is 19.5. The first-order valence-electron chi connectivity index (χ1n) is 14.9. The van der Waals surface area contributed by atoms with Crippen molar-refractivity contribution < 1.29 is 35.9 Å². The first-order valence-corrected chi connectivity index (χ1v) is 14.9. The van der Waals surface area contributed by atoms with Gasteiger partial charge in [-0.25, -0.2) is 0 Å². The van der Waals surface area contributed by atoms with Gasteiger partial charge >= 0.3 is 18.3 Å². The predicted octanol–water partition coefficient (Wildman–Crippen LogP) is 4.78. The molecule has 0 unspecified atom stereocenters. The molecule has 47 heavy (non-hydrogen) atoms. The first kappa shape index (κ1) is 32.4. The van der Waals surface area contributed by atoms with Crippen LogP contribution >= 0.6 is 0 Å². The molecule has 2 atom stereocenters. The largest absolute Gasteiger partial charge is 0.496 e. The van der Waals surface area contributed by atoms with Crippen LogP contribution in [0.2, 0.25) is 0 Å². The maximum atomic E-state index is 13.6. The van der Waals surface area contributed by atoms with Crippen LogP contribution in [0, 0.1) is 0 Å². The number of carbonyl (C=O) groups is 1. The quantitative estimate of drug-likeness (QED) is 0.265. The highest BCUT2D eigenvalue weighted by Gasteiger charge is 2.48. The summed E-state index contributed by atoms with van der Waals surface area (Å²) in [6.45, 7) is 1.04. The third kappa shape index (κ3) is 6.81. The topological polar surface area (TPSA) is 79.6 Å². The summed E-state index contributed by atoms with van der Waals surface area (Å²) in [5, 5.41) is 9.89. The molecular weight excluding hydrogens is 628 g/mol. The molecule has 0 bridgehead atoms. The van der Waals surface area contributed by atoms with Crippen LogP contribution in [0.25, 0.3) is 5.69 Å². The predicted molar refractivity (Wildman–Crippen MR) is 158 cm³/mol. The molecule has 248 valence electrons. The number of ether oxygens (including phenoxy) is 1. The molecule has 4 aromatic rings. The van der Waals surface area contributed by atoms with Crippen molar-refractivity contribution in [3.8, 4) is 11.4 Å². The number of fused-ring (bicyclic) bond motifs is 1. The SMILES string of the molecule is COc1ccc(-n2nnnc2C(F)(F)F)cc1CN1C[C@@H]2CN(C(=O)C(F)(F)F)CCN2[C@H](C(c2ccccc2)c2ccccc2)C1. The zero-order chi connectivity index (χ0) is 33.3. The van der Waals surface area contributed by atoms with E-state index in [9.17, 15) is 31.1 Å². The zero-order valence-electron chi connectivity index (χ0n) is 25.2. The molecule has 6 rings (SSSR count). The van der Waals surface area contributed by atoms with Crippen molar-refractivity contribution in [2.24, 2.45) is 0 Å². The second kappa shape index (κ2) is 13.0. The highest BCUT2D eigenvalue weighted by Crippen LogP contribution is 2.37. The van der Waals surface area contributed by atoms with Crippen LogP contribution in [0.5, 0.6) is 5.75 Å². The summed E-state index contributed by atoms with van der Waals surface area (Å²) >= 11 is 0. The van der Waals surface area contributed by atoms with Gasteiger partial charge in [-0.3, -0.25) is 14.6 Å². The lowest BCUT2D eigenvalue weighted by Gasteiger charge is -2.53. The van der Waals surface area contributed by atoms with Crippen LogP contribution in [0.1, 0.15) is 28.4 Å². The van der Waals surface area contributed by atoms with Crippen molar-refractivity contribution >= 4 is 5.91 Å². The Morgan fingerprint density at radius 3 is 2.15 bits per heavy atom. The molecular formula is C32H31F6N7O2. The molecule has 2 fully saturated rings. The lowest BCUT2D eigenvalue weighted by molar-refractivity contribution is -0.189. The Morgan fingerprint density at radius 2 is 1.55 bits per heavy atom. The van der Waals surface area contributed by atoms with Crippen molar-refractivity contribution in [2.45, 2.75) is 36.9 Å². The monoisotopic (exact) mass is 659 g/mol. The number of aromatic nitrogens is 4. The number of benzene rings is 3. The molecule has 0 saturated carbocycles. The van der Waals surface area contributed by atoms with E-state index in [0.29, 0.717) is 29.1 Å². The van der Waals surface area contributed by atoms with Crippen LogP contribution in [0.4, 0.5) is 26.3 Å². The average Bonchev–Trinajstić information content (AvgIpc) is 3.56. The number of rotatable bonds is 7. The van der Waals surface area contributed by atoms with Crippen molar-refractivity contribution in [3.05, 3.63) is 101 Å². The van der Waals surface area contributed by atoms with Gasteiger partial charge in [-0.05, 0) is 39.8 Å². The molecule has 1 amide bonds. The molecule has 1 aromatic heterocycles.